The summed E-state index contributed by atoms with van der Waals surface area (Å²) in [6.07, 6.45) is 0. The molecule has 0 aliphatic rings. The van der Waals surface area contributed by atoms with E-state index in [1.807, 2.05) is 6.92 Å². The number of carbonyl (C=O) groups is 1. The fourth-order valence-electron chi connectivity index (χ4n) is 1.13. The van der Waals surface area contributed by atoms with Gasteiger partial charge in [-0.15, -0.1) is 0 Å². The van der Waals surface area contributed by atoms with E-state index in [4.69, 9.17) is 27.9 Å². The third-order valence-corrected chi connectivity index (χ3v) is 3.38. The number of halogens is 2. The summed E-state index contributed by atoms with van der Waals surface area (Å²) in [6.45, 7) is 5.18. The van der Waals surface area contributed by atoms with Gasteiger partial charge < -0.3 is 10.1 Å². The van der Waals surface area contributed by atoms with Gasteiger partial charge in [0.15, 0.2) is 0 Å². The molecular weight excluding hydrogens is 261 g/mol. The maximum atomic E-state index is 11.9. The lowest BCUT2D eigenvalue weighted by Gasteiger charge is -2.22. The highest BCUT2D eigenvalue weighted by Gasteiger charge is 2.28. The summed E-state index contributed by atoms with van der Waals surface area (Å²) in [5.74, 6) is -0.297. The minimum atomic E-state index is -0.934. The number of benzene rings is 1. The topological polar surface area (TPSA) is 38.3 Å². The first-order chi connectivity index (χ1) is 7.79. The first-order valence-corrected chi connectivity index (χ1v) is 5.86. The SMILES string of the molecule is COC(C)(C)C(=O)Nc1c(Cl)ccc(C)c1Cl. The molecule has 17 heavy (non-hydrogen) atoms. The molecule has 0 radical (unpaired) electrons. The van der Waals surface area contributed by atoms with Crippen molar-refractivity contribution in [1.29, 1.82) is 0 Å². The second-order valence-electron chi connectivity index (χ2n) is 4.22. The van der Waals surface area contributed by atoms with E-state index < -0.39 is 5.60 Å². The number of aryl methyl sites for hydroxylation is 1. The van der Waals surface area contributed by atoms with Gasteiger partial charge in [-0.05, 0) is 32.4 Å². The molecule has 1 N–H and O–H groups in total. The molecule has 0 bridgehead atoms. The lowest BCUT2D eigenvalue weighted by molar-refractivity contribution is -0.133. The molecule has 0 saturated heterocycles. The molecule has 3 nitrogen and oxygen atoms in total. The fourth-order valence-corrected chi connectivity index (χ4v) is 1.59. The Morgan fingerprint density at radius 2 is 1.94 bits per heavy atom. The molecule has 5 heteroatoms. The number of anilines is 1. The van der Waals surface area contributed by atoms with E-state index in [0.717, 1.165) is 5.56 Å². The van der Waals surface area contributed by atoms with Crippen molar-refractivity contribution in [2.45, 2.75) is 26.4 Å². The largest absolute Gasteiger partial charge is 0.369 e. The molecule has 1 aromatic carbocycles. The first-order valence-electron chi connectivity index (χ1n) is 5.11. The summed E-state index contributed by atoms with van der Waals surface area (Å²) in [5.41, 5.74) is 0.334. The standard InChI is InChI=1S/C12H15Cl2NO2/c1-7-5-6-8(13)10(9(7)14)15-11(16)12(2,3)17-4/h5-6H,1-4H3,(H,15,16). The Hall–Kier alpha value is -0.770. The Labute approximate surface area is 111 Å². The quantitative estimate of drug-likeness (QED) is 0.914. The number of methoxy groups -OCH3 is 1. The molecule has 0 aromatic heterocycles. The molecule has 0 heterocycles. The summed E-state index contributed by atoms with van der Waals surface area (Å²) in [4.78, 5) is 11.9. The van der Waals surface area contributed by atoms with Crippen LogP contribution in [-0.4, -0.2) is 18.6 Å². The van der Waals surface area contributed by atoms with E-state index in [9.17, 15) is 4.79 Å². The van der Waals surface area contributed by atoms with Crippen LogP contribution >= 0.6 is 23.2 Å². The van der Waals surface area contributed by atoms with Gasteiger partial charge in [0.25, 0.3) is 5.91 Å². The molecule has 0 saturated carbocycles. The Morgan fingerprint density at radius 3 is 2.47 bits per heavy atom. The van der Waals surface area contributed by atoms with Crippen molar-refractivity contribution < 1.29 is 9.53 Å². The zero-order chi connectivity index (χ0) is 13.2. The van der Waals surface area contributed by atoms with Gasteiger partial charge in [0, 0.05) is 7.11 Å². The van der Waals surface area contributed by atoms with Gasteiger partial charge in [-0.25, -0.2) is 0 Å². The van der Waals surface area contributed by atoms with Crippen LogP contribution in [0.15, 0.2) is 12.1 Å². The van der Waals surface area contributed by atoms with Crippen LogP contribution < -0.4 is 5.32 Å². The van der Waals surface area contributed by atoms with E-state index in [1.165, 1.54) is 7.11 Å². The first kappa shape index (κ1) is 14.3. The highest BCUT2D eigenvalue weighted by Crippen LogP contribution is 2.33. The maximum absolute atomic E-state index is 11.9. The predicted octanol–water partition coefficient (Wildman–Crippen LogP) is 3.67. The number of rotatable bonds is 3. The zero-order valence-electron chi connectivity index (χ0n) is 10.2. The van der Waals surface area contributed by atoms with Crippen LogP contribution in [0.1, 0.15) is 19.4 Å². The molecule has 0 spiro atoms. The average molecular weight is 276 g/mol. The molecule has 0 fully saturated rings. The van der Waals surface area contributed by atoms with Crippen LogP contribution in [0.25, 0.3) is 0 Å². The minimum Gasteiger partial charge on any atom is -0.369 e. The van der Waals surface area contributed by atoms with Crippen LogP contribution in [0.4, 0.5) is 5.69 Å². The summed E-state index contributed by atoms with van der Waals surface area (Å²) in [6, 6.07) is 3.49. The van der Waals surface area contributed by atoms with E-state index in [-0.39, 0.29) is 5.91 Å². The van der Waals surface area contributed by atoms with Crippen molar-refractivity contribution in [1.82, 2.24) is 0 Å². The van der Waals surface area contributed by atoms with Crippen LogP contribution in [0.2, 0.25) is 10.0 Å². The van der Waals surface area contributed by atoms with E-state index >= 15 is 0 Å². The van der Waals surface area contributed by atoms with E-state index in [0.29, 0.717) is 15.7 Å². The summed E-state index contributed by atoms with van der Waals surface area (Å²) < 4.78 is 5.08. The van der Waals surface area contributed by atoms with Crippen molar-refractivity contribution in [2.75, 3.05) is 12.4 Å². The summed E-state index contributed by atoms with van der Waals surface area (Å²) >= 11 is 12.1. The van der Waals surface area contributed by atoms with Crippen molar-refractivity contribution in [3.63, 3.8) is 0 Å². The van der Waals surface area contributed by atoms with Crippen LogP contribution in [-0.2, 0) is 9.53 Å². The fraction of sp³-hybridized carbons (Fsp3) is 0.417. The number of ether oxygens (including phenoxy) is 1. The van der Waals surface area contributed by atoms with Crippen molar-refractivity contribution >= 4 is 34.8 Å². The van der Waals surface area contributed by atoms with Gasteiger partial charge in [0.05, 0.1) is 15.7 Å². The third kappa shape index (κ3) is 3.12. The number of nitrogens with one attached hydrogen (secondary N) is 1. The van der Waals surface area contributed by atoms with Crippen molar-refractivity contribution in [3.05, 3.63) is 27.7 Å². The number of hydrogen-bond acceptors (Lipinski definition) is 2. The second kappa shape index (κ2) is 5.25. The maximum Gasteiger partial charge on any atom is 0.256 e. The molecular formula is C12H15Cl2NO2. The van der Waals surface area contributed by atoms with Gasteiger partial charge in [-0.1, -0.05) is 29.3 Å². The molecule has 0 unspecified atom stereocenters. The Kier molecular flexibility index (Phi) is 4.42. The van der Waals surface area contributed by atoms with Gasteiger partial charge in [0.1, 0.15) is 5.60 Å². The third-order valence-electron chi connectivity index (χ3n) is 2.58. The van der Waals surface area contributed by atoms with Crippen LogP contribution in [0.3, 0.4) is 0 Å². The molecule has 0 aliphatic heterocycles. The normalized spacial score (nSPS) is 11.4. The zero-order valence-corrected chi connectivity index (χ0v) is 11.7. The highest BCUT2D eigenvalue weighted by molar-refractivity contribution is 6.40. The van der Waals surface area contributed by atoms with Gasteiger partial charge >= 0.3 is 0 Å². The smallest absolute Gasteiger partial charge is 0.256 e. The van der Waals surface area contributed by atoms with Crippen molar-refractivity contribution in [3.8, 4) is 0 Å². The predicted molar refractivity (Wildman–Crippen MR) is 70.9 cm³/mol. The van der Waals surface area contributed by atoms with Gasteiger partial charge in [-0.2, -0.15) is 0 Å². The van der Waals surface area contributed by atoms with Crippen LogP contribution in [0, 0.1) is 6.92 Å². The van der Waals surface area contributed by atoms with E-state index in [1.54, 1.807) is 26.0 Å². The van der Waals surface area contributed by atoms with E-state index in [2.05, 4.69) is 5.32 Å². The highest BCUT2D eigenvalue weighted by atomic mass is 35.5. The molecule has 1 aromatic rings. The summed E-state index contributed by atoms with van der Waals surface area (Å²) in [5, 5.41) is 3.53. The van der Waals surface area contributed by atoms with Gasteiger partial charge in [0.2, 0.25) is 0 Å². The lowest BCUT2D eigenvalue weighted by Crippen LogP contribution is -2.39. The summed E-state index contributed by atoms with van der Waals surface area (Å²) in [7, 11) is 1.47. The molecule has 1 rings (SSSR count). The minimum absolute atomic E-state index is 0.297. The lowest BCUT2D eigenvalue weighted by atomic mass is 10.1. The monoisotopic (exact) mass is 275 g/mol. The van der Waals surface area contributed by atoms with Crippen LogP contribution in [0.5, 0.6) is 0 Å². The molecule has 1 amide bonds. The number of hydrogen-bond donors (Lipinski definition) is 1. The average Bonchev–Trinajstić information content (AvgIpc) is 2.29. The number of amides is 1. The Morgan fingerprint density at radius 1 is 1.35 bits per heavy atom. The Bertz CT molecular complexity index is 444. The van der Waals surface area contributed by atoms with Crippen molar-refractivity contribution in [2.24, 2.45) is 0 Å². The molecule has 94 valence electrons. The van der Waals surface area contributed by atoms with Gasteiger partial charge in [-0.3, -0.25) is 4.79 Å². The second-order valence-corrected chi connectivity index (χ2v) is 5.01. The molecule has 0 aliphatic carbocycles. The Balaban J connectivity index is 3.04. The number of carbonyl (C=O) groups excluding carboxylic acids is 1. The molecule has 0 atom stereocenters.